The van der Waals surface area contributed by atoms with E-state index < -0.39 is 18.0 Å². The smallest absolute Gasteiger partial charge is 0.374 e. The van der Waals surface area contributed by atoms with Gasteiger partial charge in [-0.05, 0) is 62.1 Å². The van der Waals surface area contributed by atoms with Crippen molar-refractivity contribution in [2.75, 3.05) is 13.6 Å². The first-order valence-corrected chi connectivity index (χ1v) is 13.4. The maximum Gasteiger partial charge on any atom is 0.374 e. The van der Waals surface area contributed by atoms with E-state index in [1.54, 1.807) is 31.4 Å². The lowest BCUT2D eigenvalue weighted by Crippen LogP contribution is -2.50. The zero-order chi connectivity index (χ0) is 29.7. The summed E-state index contributed by atoms with van der Waals surface area (Å²) in [6.45, 7) is 7.94. The molecule has 0 saturated carbocycles. The summed E-state index contributed by atoms with van der Waals surface area (Å²) < 4.78 is 10.3. The van der Waals surface area contributed by atoms with Crippen molar-refractivity contribution in [2.24, 2.45) is 4.99 Å². The minimum absolute atomic E-state index is 0.0105. The average Bonchev–Trinajstić information content (AvgIpc) is 3.17. The Morgan fingerprint density at radius 1 is 1.27 bits per heavy atom. The van der Waals surface area contributed by atoms with Gasteiger partial charge in [0.1, 0.15) is 5.76 Å². The number of hydrogen-bond donors (Lipinski definition) is 2. The normalized spacial score (nSPS) is 16.8. The first-order chi connectivity index (χ1) is 19.2. The van der Waals surface area contributed by atoms with E-state index in [1.807, 2.05) is 45.9 Å². The van der Waals surface area contributed by atoms with E-state index in [1.165, 1.54) is 15.9 Å². The largest absolute Gasteiger partial charge is 0.475 e. The molecule has 0 aliphatic heterocycles. The fraction of sp³-hybridized carbons (Fsp3) is 0.393. The van der Waals surface area contributed by atoms with Crippen LogP contribution in [0.2, 0.25) is 0 Å². The second kappa shape index (κ2) is 16.1. The van der Waals surface area contributed by atoms with Gasteiger partial charge in [0.25, 0.3) is 5.88 Å². The molecule has 12 heteroatoms. The van der Waals surface area contributed by atoms with Gasteiger partial charge in [-0.2, -0.15) is 0 Å². The maximum absolute atomic E-state index is 12.9. The second-order valence-electron chi connectivity index (χ2n) is 8.80. The van der Waals surface area contributed by atoms with Crippen molar-refractivity contribution in [3.63, 3.8) is 0 Å². The lowest BCUT2D eigenvalue weighted by molar-refractivity contribution is -0.114. The Labute approximate surface area is 239 Å². The van der Waals surface area contributed by atoms with Crippen LogP contribution < -0.4 is 10.1 Å². The van der Waals surface area contributed by atoms with Crippen molar-refractivity contribution in [2.45, 2.75) is 59.0 Å². The van der Waals surface area contributed by atoms with Crippen LogP contribution in [0.15, 0.2) is 74.5 Å². The van der Waals surface area contributed by atoms with Crippen molar-refractivity contribution in [3.8, 4) is 5.88 Å². The first kappa shape index (κ1) is 32.1. The molecule has 40 heavy (non-hydrogen) atoms. The summed E-state index contributed by atoms with van der Waals surface area (Å²) in [6, 6.07) is 0.316. The number of aromatic nitrogens is 1. The molecule has 0 spiro atoms. The quantitative estimate of drug-likeness (QED) is 0.246. The molecule has 2 aliphatic carbocycles. The Bertz CT molecular complexity index is 1230. The first-order valence-electron chi connectivity index (χ1n) is 13.0. The highest BCUT2D eigenvalue weighted by Gasteiger charge is 2.21. The number of aromatic carboxylic acids is 1. The molecule has 11 nitrogen and oxygen atoms in total. The number of carbonyl (C=O) groups excluding carboxylic acids is 2. The Balaban J connectivity index is 0.00000274. The zero-order valence-corrected chi connectivity index (χ0v) is 24.1. The van der Waals surface area contributed by atoms with Crippen molar-refractivity contribution >= 4 is 36.0 Å². The van der Waals surface area contributed by atoms with Gasteiger partial charge in [0.2, 0.25) is 18.1 Å². The van der Waals surface area contributed by atoms with Crippen LogP contribution in [0.1, 0.15) is 57.5 Å². The highest BCUT2D eigenvalue weighted by Crippen LogP contribution is 2.20. The Morgan fingerprint density at radius 3 is 2.67 bits per heavy atom. The van der Waals surface area contributed by atoms with E-state index in [-0.39, 0.29) is 30.2 Å². The van der Waals surface area contributed by atoms with Gasteiger partial charge < -0.3 is 19.3 Å². The molecule has 1 atom stereocenters. The molecule has 0 aromatic carbocycles. The lowest BCUT2D eigenvalue weighted by atomic mass is 10.2. The highest BCUT2D eigenvalue weighted by molar-refractivity contribution is 6.31. The molecule has 0 saturated heterocycles. The van der Waals surface area contributed by atoms with E-state index in [0.29, 0.717) is 36.5 Å². The topological polar surface area (TPSA) is 138 Å². The number of hydrogen-bond acceptors (Lipinski definition) is 7. The van der Waals surface area contributed by atoms with Crippen molar-refractivity contribution in [3.05, 3.63) is 70.7 Å². The van der Waals surface area contributed by atoms with E-state index in [2.05, 4.69) is 10.5 Å². The fourth-order valence-electron chi connectivity index (χ4n) is 3.35. The molecule has 1 aromatic heterocycles. The number of carbonyl (C=O) groups is 3. The van der Waals surface area contributed by atoms with Crippen molar-refractivity contribution in [1.29, 1.82) is 0 Å². The molecule has 3 amide bonds. The van der Waals surface area contributed by atoms with Crippen LogP contribution in [0.3, 0.4) is 0 Å². The average molecular weight is 574 g/mol. The molecular weight excluding hydrogens is 538 g/mol. The number of carboxylic acids is 1. The van der Waals surface area contributed by atoms with Gasteiger partial charge in [-0.1, -0.05) is 49.8 Å². The number of carboxylic acid groups (broad SMARTS) is 1. The number of aliphatic imine (C=N–C) groups is 1. The number of rotatable bonds is 8. The van der Waals surface area contributed by atoms with Gasteiger partial charge in [-0.15, -0.1) is 0 Å². The number of allylic oxidation sites excluding steroid dienone is 6. The lowest BCUT2D eigenvalue weighted by Gasteiger charge is -2.26. The van der Waals surface area contributed by atoms with Gasteiger partial charge in [0, 0.05) is 18.1 Å². The number of nitrogens with zero attached hydrogens (tertiary/aromatic N) is 4. The minimum atomic E-state index is -1.25. The second-order valence-corrected chi connectivity index (χ2v) is 9.24. The third-order valence-electron chi connectivity index (χ3n) is 5.72. The van der Waals surface area contributed by atoms with Gasteiger partial charge in [0.15, 0.2) is 0 Å². The molecular formula is C28H36ClN5O6. The maximum atomic E-state index is 12.9. The summed E-state index contributed by atoms with van der Waals surface area (Å²) >= 11 is 6.09. The Kier molecular flexibility index (Phi) is 12.9. The number of urea groups is 1. The molecule has 2 N–H and O–H groups in total. The summed E-state index contributed by atoms with van der Waals surface area (Å²) in [5, 5.41) is 16.0. The molecule has 3 rings (SSSR count). The van der Waals surface area contributed by atoms with E-state index in [9.17, 15) is 14.4 Å². The summed E-state index contributed by atoms with van der Waals surface area (Å²) in [4.78, 5) is 43.5. The van der Waals surface area contributed by atoms with Gasteiger partial charge in [-0.3, -0.25) is 15.0 Å². The molecule has 1 heterocycles. The van der Waals surface area contributed by atoms with Gasteiger partial charge >= 0.3 is 12.0 Å². The van der Waals surface area contributed by atoms with Crippen LogP contribution in [-0.2, 0) is 4.79 Å². The molecule has 216 valence electrons. The number of guanidine groups is 1. The molecule has 1 unspecified atom stereocenters. The highest BCUT2D eigenvalue weighted by atomic mass is 35.5. The predicted molar refractivity (Wildman–Crippen MR) is 153 cm³/mol. The zero-order valence-electron chi connectivity index (χ0n) is 23.3. The molecule has 1 aromatic rings. The standard InChI is InChI=1S/C26H30ClN5O6.C2H6/c1-17(2)31(3)26(36)29-25(32(16-33)15-18-6-4-7-19(27)11-10-18)28-20-8-5-9-21(13-12-20)37-23-14-22(24(34)35)38-30-23;1-2/h6-7,9-14,16-17,20H,4-5,8,15H2,1-3H3,(H,34,35)(H,28,29,36);1-2H3. The predicted octanol–water partition coefficient (Wildman–Crippen LogP) is 5.25. The molecule has 0 bridgehead atoms. The molecule has 0 radical (unpaired) electrons. The third-order valence-corrected chi connectivity index (χ3v) is 6.00. The number of halogens is 1. The Hall–Kier alpha value is -4.12. The van der Waals surface area contributed by atoms with E-state index in [4.69, 9.17) is 31.0 Å². The van der Waals surface area contributed by atoms with Crippen molar-refractivity contribution < 1.29 is 28.8 Å². The van der Waals surface area contributed by atoms with Crippen molar-refractivity contribution in [1.82, 2.24) is 20.3 Å². The summed E-state index contributed by atoms with van der Waals surface area (Å²) in [5.41, 5.74) is 0.838. The van der Waals surface area contributed by atoms with Crippen LogP contribution >= 0.6 is 11.6 Å². The third kappa shape index (κ3) is 9.88. The number of amides is 3. The van der Waals surface area contributed by atoms with E-state index >= 15 is 0 Å². The van der Waals surface area contributed by atoms with Gasteiger partial charge in [0.05, 0.1) is 18.7 Å². The van der Waals surface area contributed by atoms with Crippen LogP contribution in [-0.4, -0.2) is 70.1 Å². The minimum Gasteiger partial charge on any atom is -0.475 e. The van der Waals surface area contributed by atoms with E-state index in [0.717, 1.165) is 5.57 Å². The van der Waals surface area contributed by atoms with Crippen LogP contribution in [0.25, 0.3) is 0 Å². The van der Waals surface area contributed by atoms with Gasteiger partial charge in [-0.25, -0.2) is 14.6 Å². The summed E-state index contributed by atoms with van der Waals surface area (Å²) in [5.74, 6) is -1.03. The van der Waals surface area contributed by atoms with Crippen LogP contribution in [0.4, 0.5) is 4.79 Å². The Morgan fingerprint density at radius 2 is 2.02 bits per heavy atom. The summed E-state index contributed by atoms with van der Waals surface area (Å²) in [6.07, 6.45) is 15.0. The van der Waals surface area contributed by atoms with Crippen LogP contribution in [0.5, 0.6) is 5.88 Å². The number of nitrogens with one attached hydrogen (secondary N) is 1. The molecule has 2 aliphatic rings. The SMILES string of the molecule is CC.CC(C)N(C)C(=O)NC(=NC1C=CC(Oc2cc(C(=O)O)on2)=CCC1)N(C=O)CC1=CCC=C(Cl)C=C1. The number of ether oxygens (including phenoxy) is 1. The summed E-state index contributed by atoms with van der Waals surface area (Å²) in [7, 11) is 1.66. The van der Waals surface area contributed by atoms with Crippen LogP contribution in [0, 0.1) is 0 Å². The molecule has 0 fully saturated rings. The fourth-order valence-corrected chi connectivity index (χ4v) is 3.51. The monoisotopic (exact) mass is 573 g/mol.